The van der Waals surface area contributed by atoms with Crippen molar-refractivity contribution < 1.29 is 17.6 Å². The van der Waals surface area contributed by atoms with E-state index in [0.29, 0.717) is 5.56 Å². The highest BCUT2D eigenvalue weighted by molar-refractivity contribution is 7.80. The summed E-state index contributed by atoms with van der Waals surface area (Å²) in [5.41, 5.74) is -0.787. The number of benzene rings is 1. The number of hydrogen-bond donors (Lipinski definition) is 0. The fourth-order valence-corrected chi connectivity index (χ4v) is 2.02. The Labute approximate surface area is 117 Å². The van der Waals surface area contributed by atoms with Crippen LogP contribution in [0, 0.1) is 23.1 Å². The molecule has 0 saturated heterocycles. The lowest BCUT2D eigenvalue weighted by Gasteiger charge is -2.20. The quantitative estimate of drug-likeness (QED) is 0.585. The van der Waals surface area contributed by atoms with Crippen molar-refractivity contribution >= 4 is 28.5 Å². The molecule has 0 saturated carbocycles. The van der Waals surface area contributed by atoms with E-state index in [4.69, 9.17) is 17.5 Å². The van der Waals surface area contributed by atoms with Crippen molar-refractivity contribution in [3.63, 3.8) is 0 Å². The molecule has 0 spiro atoms. The summed E-state index contributed by atoms with van der Waals surface area (Å²) in [7, 11) is 0. The summed E-state index contributed by atoms with van der Waals surface area (Å²) >= 11 is 4.75. The number of thiocarbonyl (C=S) groups is 1. The molecule has 2 rings (SSSR count). The van der Waals surface area contributed by atoms with E-state index in [9.17, 15) is 17.6 Å². The molecule has 0 aliphatic carbocycles. The van der Waals surface area contributed by atoms with Crippen molar-refractivity contribution in [3.8, 4) is 6.07 Å². The Hall–Kier alpha value is -2.07. The molecule has 0 radical (unpaired) electrons. The summed E-state index contributed by atoms with van der Waals surface area (Å²) in [4.78, 5) is 2.90. The number of alkyl halides is 3. The molecule has 1 aromatic rings. The van der Waals surface area contributed by atoms with Crippen LogP contribution >= 0.6 is 12.2 Å². The Kier molecular flexibility index (Phi) is 3.68. The molecule has 1 heterocycles. The van der Waals surface area contributed by atoms with Crippen molar-refractivity contribution in [1.82, 2.24) is 0 Å². The molecule has 0 aromatic heterocycles. The Morgan fingerprint density at radius 3 is 2.30 bits per heavy atom. The van der Waals surface area contributed by atoms with Crippen molar-refractivity contribution in [2.24, 2.45) is 10.9 Å². The van der Waals surface area contributed by atoms with Crippen LogP contribution < -0.4 is 0 Å². The second kappa shape index (κ2) is 5.13. The molecular formula is C13H6F4N2S. The number of aliphatic imine (C=N–C) groups is 1. The van der Waals surface area contributed by atoms with E-state index in [1.165, 1.54) is 12.1 Å². The molecule has 0 fully saturated rings. The Balaban J connectivity index is 2.54. The van der Waals surface area contributed by atoms with Gasteiger partial charge in [-0.1, -0.05) is 24.4 Å². The van der Waals surface area contributed by atoms with Crippen LogP contribution in [0.25, 0.3) is 5.57 Å². The van der Waals surface area contributed by atoms with E-state index >= 15 is 0 Å². The van der Waals surface area contributed by atoms with E-state index in [1.54, 1.807) is 0 Å². The fraction of sp³-hybridized carbons (Fsp3) is 0.154. The van der Waals surface area contributed by atoms with Gasteiger partial charge in [-0.25, -0.2) is 9.38 Å². The Morgan fingerprint density at radius 1 is 1.20 bits per heavy atom. The Morgan fingerprint density at radius 2 is 1.80 bits per heavy atom. The van der Waals surface area contributed by atoms with Crippen LogP contribution in [0.4, 0.5) is 17.6 Å². The third kappa shape index (κ3) is 2.75. The lowest BCUT2D eigenvalue weighted by molar-refractivity contribution is -0.0576. The molecule has 0 N–H and O–H groups in total. The van der Waals surface area contributed by atoms with E-state index < -0.39 is 23.6 Å². The first-order chi connectivity index (χ1) is 9.32. The maximum absolute atomic E-state index is 12.9. The lowest BCUT2D eigenvalue weighted by atomic mass is 9.90. The van der Waals surface area contributed by atoms with Gasteiger partial charge in [-0.3, -0.25) is 0 Å². The van der Waals surface area contributed by atoms with Gasteiger partial charge in [0, 0.05) is 0 Å². The third-order valence-electron chi connectivity index (χ3n) is 2.68. The highest BCUT2D eigenvalue weighted by Gasteiger charge is 2.38. The first-order valence-electron chi connectivity index (χ1n) is 5.40. The molecule has 102 valence electrons. The monoisotopic (exact) mass is 298 g/mol. The second-order valence-electron chi connectivity index (χ2n) is 4.00. The molecule has 0 bridgehead atoms. The van der Waals surface area contributed by atoms with Crippen molar-refractivity contribution in [2.45, 2.75) is 6.18 Å². The first kappa shape index (κ1) is 14.3. The number of dihydropyridines is 1. The minimum Gasteiger partial charge on any atom is -0.235 e. The number of rotatable bonds is 1. The normalized spacial score (nSPS) is 19.1. The number of halogens is 4. The van der Waals surface area contributed by atoms with Gasteiger partial charge in [-0.15, -0.1) is 0 Å². The van der Waals surface area contributed by atoms with E-state index in [-0.39, 0.29) is 10.6 Å². The molecule has 1 atom stereocenters. The molecule has 1 aliphatic rings. The Bertz CT molecular complexity index is 650. The van der Waals surface area contributed by atoms with Gasteiger partial charge in [0.15, 0.2) is 0 Å². The molecule has 2 nitrogen and oxygen atoms in total. The van der Waals surface area contributed by atoms with Gasteiger partial charge in [-0.2, -0.15) is 18.4 Å². The number of hydrogen-bond acceptors (Lipinski definition) is 2. The molecule has 0 unspecified atom stereocenters. The van der Waals surface area contributed by atoms with Gasteiger partial charge < -0.3 is 0 Å². The number of nitriles is 1. The summed E-state index contributed by atoms with van der Waals surface area (Å²) < 4.78 is 51.0. The van der Waals surface area contributed by atoms with Crippen LogP contribution in [0.3, 0.4) is 0 Å². The molecular weight excluding hydrogens is 292 g/mol. The summed E-state index contributed by atoms with van der Waals surface area (Å²) in [5.74, 6) is -1.58. The maximum atomic E-state index is 12.9. The zero-order valence-electron chi connectivity index (χ0n) is 9.78. The molecule has 7 heteroatoms. The summed E-state index contributed by atoms with van der Waals surface area (Å²) in [6.07, 6.45) is -3.88. The third-order valence-corrected chi connectivity index (χ3v) is 3.00. The van der Waals surface area contributed by atoms with Crippen LogP contribution in [0.15, 0.2) is 35.3 Å². The summed E-state index contributed by atoms with van der Waals surface area (Å²) in [6, 6.07) is 6.62. The summed E-state index contributed by atoms with van der Waals surface area (Å²) in [6.45, 7) is 0. The van der Waals surface area contributed by atoms with Crippen LogP contribution in [-0.4, -0.2) is 16.9 Å². The molecule has 20 heavy (non-hydrogen) atoms. The topological polar surface area (TPSA) is 36.1 Å². The summed E-state index contributed by atoms with van der Waals surface area (Å²) in [5, 5.41) is 9.03. The predicted octanol–water partition coefficient (Wildman–Crippen LogP) is 3.69. The molecule has 0 amide bonds. The average molecular weight is 298 g/mol. The van der Waals surface area contributed by atoms with Gasteiger partial charge in [0.05, 0.1) is 6.07 Å². The van der Waals surface area contributed by atoms with Crippen LogP contribution in [-0.2, 0) is 0 Å². The standard InChI is InChI=1S/C13H6F4N2S/c14-8-3-1-7(2-4-8)9-5-11(13(15,16)17)19-12(20)10(9)6-18/h1-5,10H/t10-/m0/s1. The maximum Gasteiger partial charge on any atom is 0.433 e. The molecule has 1 aliphatic heterocycles. The zero-order chi connectivity index (χ0) is 14.9. The van der Waals surface area contributed by atoms with Gasteiger partial charge >= 0.3 is 6.18 Å². The first-order valence-corrected chi connectivity index (χ1v) is 5.80. The molecule has 1 aromatic carbocycles. The van der Waals surface area contributed by atoms with Crippen LogP contribution in [0.1, 0.15) is 5.56 Å². The van der Waals surface area contributed by atoms with E-state index in [2.05, 4.69) is 4.99 Å². The van der Waals surface area contributed by atoms with Crippen LogP contribution in [0.5, 0.6) is 0 Å². The van der Waals surface area contributed by atoms with Crippen molar-refractivity contribution in [2.75, 3.05) is 0 Å². The van der Waals surface area contributed by atoms with E-state index in [1.807, 2.05) is 6.07 Å². The van der Waals surface area contributed by atoms with Gasteiger partial charge in [0.2, 0.25) is 0 Å². The van der Waals surface area contributed by atoms with Gasteiger partial charge in [-0.05, 0) is 29.3 Å². The lowest BCUT2D eigenvalue weighted by Crippen LogP contribution is -2.28. The predicted molar refractivity (Wildman–Crippen MR) is 69.6 cm³/mol. The van der Waals surface area contributed by atoms with E-state index in [0.717, 1.165) is 18.2 Å². The number of allylic oxidation sites excluding steroid dienone is 1. The highest BCUT2D eigenvalue weighted by atomic mass is 32.1. The van der Waals surface area contributed by atoms with Gasteiger partial charge in [0.1, 0.15) is 22.4 Å². The van der Waals surface area contributed by atoms with Gasteiger partial charge in [0.25, 0.3) is 0 Å². The van der Waals surface area contributed by atoms with Crippen LogP contribution in [0.2, 0.25) is 0 Å². The number of nitrogens with zero attached hydrogens (tertiary/aromatic N) is 2. The fourth-order valence-electron chi connectivity index (χ4n) is 1.74. The highest BCUT2D eigenvalue weighted by Crippen LogP contribution is 2.32. The minimum atomic E-state index is -4.66. The van der Waals surface area contributed by atoms with Crippen molar-refractivity contribution in [3.05, 3.63) is 41.7 Å². The SMILES string of the molecule is N#C[C@@H]1C(=S)N=C(C(F)(F)F)C=C1c1ccc(F)cc1. The second-order valence-corrected chi connectivity index (χ2v) is 4.42. The smallest absolute Gasteiger partial charge is 0.235 e. The minimum absolute atomic E-state index is 0.0693. The zero-order valence-corrected chi connectivity index (χ0v) is 10.6. The average Bonchev–Trinajstić information content (AvgIpc) is 2.37. The van der Waals surface area contributed by atoms with Crippen molar-refractivity contribution in [1.29, 1.82) is 5.26 Å². The largest absolute Gasteiger partial charge is 0.433 e.